The highest BCUT2D eigenvalue weighted by Crippen LogP contribution is 2.55. The molecule has 7 heteroatoms. The summed E-state index contributed by atoms with van der Waals surface area (Å²) in [4.78, 5) is 12.5. The van der Waals surface area contributed by atoms with Crippen LogP contribution >= 0.6 is 11.6 Å². The lowest BCUT2D eigenvalue weighted by atomic mass is 9.75. The molecule has 1 aromatic rings. The van der Waals surface area contributed by atoms with E-state index < -0.39 is 0 Å². The van der Waals surface area contributed by atoms with E-state index >= 15 is 0 Å². The first-order chi connectivity index (χ1) is 14.4. The van der Waals surface area contributed by atoms with Crippen LogP contribution in [-0.4, -0.2) is 44.0 Å². The van der Waals surface area contributed by atoms with Gasteiger partial charge in [-0.05, 0) is 51.0 Å². The number of benzene rings is 1. The molecule has 0 aromatic heterocycles. The Morgan fingerprint density at radius 2 is 2.07 bits per heavy atom. The third-order valence-corrected chi connectivity index (χ3v) is 6.16. The van der Waals surface area contributed by atoms with E-state index in [-0.39, 0.29) is 36.2 Å². The molecular formula is C23H28ClNO5. The molecule has 2 fully saturated rings. The molecule has 2 aliphatic heterocycles. The van der Waals surface area contributed by atoms with E-state index in [1.807, 2.05) is 12.1 Å². The van der Waals surface area contributed by atoms with Crippen LogP contribution < -0.4 is 5.32 Å². The molecule has 1 spiro atoms. The molecule has 0 bridgehead atoms. The monoisotopic (exact) mass is 433 g/mol. The van der Waals surface area contributed by atoms with Crippen molar-refractivity contribution in [1.82, 2.24) is 0 Å². The molecule has 3 aliphatic rings. The number of anilines is 1. The number of nitrogens with one attached hydrogen (secondary N) is 1. The van der Waals surface area contributed by atoms with Crippen LogP contribution in [0.2, 0.25) is 5.02 Å². The standard InChI is InChI=1S/C23H28ClNO5/c1-14(2)4-9-17-22(30-17)20-21(27-3)18(10-11-23(20)13-28-23)29-19(26)12-25-16-7-5-15(24)6-8-16/h4-8,18,20-21,25H,9-13H2,1-3H3/t18-,20-,21-,23+/m1/s1. The number of methoxy groups -OCH3 is 1. The second kappa shape index (κ2) is 8.61. The van der Waals surface area contributed by atoms with Gasteiger partial charge >= 0.3 is 5.97 Å². The van der Waals surface area contributed by atoms with Crippen molar-refractivity contribution in [3.63, 3.8) is 0 Å². The third kappa shape index (κ3) is 4.66. The van der Waals surface area contributed by atoms with Crippen LogP contribution in [0.1, 0.15) is 33.1 Å². The largest absolute Gasteiger partial charge is 0.458 e. The lowest BCUT2D eigenvalue weighted by Crippen LogP contribution is -2.50. The van der Waals surface area contributed by atoms with Gasteiger partial charge in [-0.1, -0.05) is 23.3 Å². The fourth-order valence-electron chi connectivity index (χ4n) is 4.17. The van der Waals surface area contributed by atoms with Crippen LogP contribution in [0, 0.1) is 5.92 Å². The lowest BCUT2D eigenvalue weighted by molar-refractivity contribution is -0.164. The Bertz CT molecular complexity index is 855. The van der Waals surface area contributed by atoms with Gasteiger partial charge in [0.25, 0.3) is 0 Å². The zero-order chi connectivity index (χ0) is 21.3. The maximum atomic E-state index is 12.5. The van der Waals surface area contributed by atoms with E-state index in [4.69, 9.17) is 30.5 Å². The Morgan fingerprint density at radius 1 is 1.33 bits per heavy atom. The summed E-state index contributed by atoms with van der Waals surface area (Å²) in [6.07, 6.45) is 3.82. The molecule has 1 saturated carbocycles. The van der Waals surface area contributed by atoms with Gasteiger partial charge in [0.2, 0.25) is 0 Å². The molecule has 1 N–H and O–H groups in total. The molecular weight excluding hydrogens is 406 g/mol. The fourth-order valence-corrected chi connectivity index (χ4v) is 4.30. The number of carbonyl (C=O) groups is 1. The van der Waals surface area contributed by atoms with E-state index in [1.165, 1.54) is 5.57 Å². The van der Waals surface area contributed by atoms with Crippen LogP contribution in [0.15, 0.2) is 47.4 Å². The maximum Gasteiger partial charge on any atom is 0.325 e. The highest BCUT2D eigenvalue weighted by Gasteiger charge is 2.64. The van der Waals surface area contributed by atoms with Crippen molar-refractivity contribution in [2.75, 3.05) is 25.6 Å². The summed E-state index contributed by atoms with van der Waals surface area (Å²) in [7, 11) is 1.66. The number of allylic oxidation sites excluding steroid dienone is 2. The van der Waals surface area contributed by atoms with Gasteiger partial charge in [-0.25, -0.2) is 0 Å². The quantitative estimate of drug-likeness (QED) is 0.371. The molecule has 1 aromatic carbocycles. The van der Waals surface area contributed by atoms with Crippen molar-refractivity contribution < 1.29 is 23.7 Å². The number of hydrogen-bond donors (Lipinski definition) is 1. The Labute approximate surface area is 182 Å². The molecule has 30 heavy (non-hydrogen) atoms. The first-order valence-corrected chi connectivity index (χ1v) is 10.7. The minimum Gasteiger partial charge on any atom is -0.458 e. The summed E-state index contributed by atoms with van der Waals surface area (Å²) in [5.41, 5.74) is 1.82. The summed E-state index contributed by atoms with van der Waals surface area (Å²) in [5, 5.41) is 3.71. The van der Waals surface area contributed by atoms with Crippen molar-refractivity contribution in [2.45, 2.75) is 50.9 Å². The van der Waals surface area contributed by atoms with Crippen LogP contribution in [-0.2, 0) is 23.7 Å². The number of carbonyl (C=O) groups excluding carboxylic acids is 1. The van der Waals surface area contributed by atoms with Crippen LogP contribution in [0.25, 0.3) is 0 Å². The topological polar surface area (TPSA) is 72.6 Å². The Hall–Kier alpha value is -2.02. The summed E-state index contributed by atoms with van der Waals surface area (Å²) in [6, 6.07) is 7.19. The van der Waals surface area contributed by atoms with Crippen molar-refractivity contribution in [1.29, 1.82) is 0 Å². The van der Waals surface area contributed by atoms with E-state index in [0.717, 1.165) is 30.0 Å². The smallest absolute Gasteiger partial charge is 0.325 e. The lowest BCUT2D eigenvalue weighted by Gasteiger charge is -2.38. The Kier molecular flexibility index (Phi) is 6.09. The zero-order valence-corrected chi connectivity index (χ0v) is 18.3. The number of ether oxygens (including phenoxy) is 4. The maximum absolute atomic E-state index is 12.5. The predicted molar refractivity (Wildman–Crippen MR) is 114 cm³/mol. The van der Waals surface area contributed by atoms with E-state index in [9.17, 15) is 4.79 Å². The SMILES string of the molecule is CO[C@@H]1[C@H](OC(=O)CNc2ccc(Cl)cc2)CC[C@]2(CO2)[C@H]1C1=C(CC=C(C)C)O1. The Morgan fingerprint density at radius 3 is 2.70 bits per heavy atom. The Balaban J connectivity index is 1.39. The van der Waals surface area contributed by atoms with Gasteiger partial charge in [-0.3, -0.25) is 4.79 Å². The van der Waals surface area contributed by atoms with Crippen molar-refractivity contribution >= 4 is 23.3 Å². The number of halogens is 1. The molecule has 6 nitrogen and oxygen atoms in total. The molecule has 4 atom stereocenters. The van der Waals surface area contributed by atoms with Crippen LogP contribution in [0.3, 0.4) is 0 Å². The minimum atomic E-state index is -0.337. The molecule has 1 saturated heterocycles. The first-order valence-electron chi connectivity index (χ1n) is 10.3. The van der Waals surface area contributed by atoms with E-state index in [2.05, 4.69) is 25.2 Å². The van der Waals surface area contributed by atoms with Gasteiger partial charge in [-0.2, -0.15) is 0 Å². The zero-order valence-electron chi connectivity index (χ0n) is 17.6. The average Bonchev–Trinajstić information content (AvgIpc) is 3.64. The second-order valence-electron chi connectivity index (χ2n) is 8.33. The number of hydrogen-bond acceptors (Lipinski definition) is 6. The van der Waals surface area contributed by atoms with Crippen molar-refractivity contribution in [3.8, 4) is 0 Å². The molecule has 1 aliphatic carbocycles. The normalized spacial score (nSPS) is 29.3. The van der Waals surface area contributed by atoms with Gasteiger partial charge < -0.3 is 24.3 Å². The second-order valence-corrected chi connectivity index (χ2v) is 8.77. The molecule has 0 radical (unpaired) electrons. The van der Waals surface area contributed by atoms with Gasteiger partial charge in [0.05, 0.1) is 12.5 Å². The van der Waals surface area contributed by atoms with Gasteiger partial charge in [-0.15, -0.1) is 0 Å². The summed E-state index contributed by atoms with van der Waals surface area (Å²) in [5.74, 6) is 1.56. The summed E-state index contributed by atoms with van der Waals surface area (Å²) >= 11 is 5.89. The summed E-state index contributed by atoms with van der Waals surface area (Å²) < 4.78 is 23.3. The first kappa shape index (κ1) is 21.2. The molecule has 162 valence electrons. The van der Waals surface area contributed by atoms with Crippen molar-refractivity contribution in [2.24, 2.45) is 5.92 Å². The van der Waals surface area contributed by atoms with Gasteiger partial charge in [0.15, 0.2) is 5.76 Å². The number of epoxide rings is 1. The number of rotatable bonds is 8. The highest BCUT2D eigenvalue weighted by molar-refractivity contribution is 6.30. The van der Waals surface area contributed by atoms with Gasteiger partial charge in [0, 0.05) is 24.2 Å². The third-order valence-electron chi connectivity index (χ3n) is 5.91. The summed E-state index contributed by atoms with van der Waals surface area (Å²) in [6.45, 7) is 4.91. The molecule has 0 amide bonds. The number of esters is 1. The highest BCUT2D eigenvalue weighted by atomic mass is 35.5. The fraction of sp³-hybridized carbons (Fsp3) is 0.522. The average molecular weight is 434 g/mol. The molecule has 4 rings (SSSR count). The predicted octanol–water partition coefficient (Wildman–Crippen LogP) is 4.46. The van der Waals surface area contributed by atoms with E-state index in [0.29, 0.717) is 18.1 Å². The minimum absolute atomic E-state index is 0.0427. The van der Waals surface area contributed by atoms with Crippen LogP contribution in [0.5, 0.6) is 0 Å². The van der Waals surface area contributed by atoms with Gasteiger partial charge in [0.1, 0.15) is 30.1 Å². The van der Waals surface area contributed by atoms with E-state index in [1.54, 1.807) is 19.2 Å². The molecule has 2 heterocycles. The van der Waals surface area contributed by atoms with Crippen LogP contribution in [0.4, 0.5) is 5.69 Å². The molecule has 0 unspecified atom stereocenters. The van der Waals surface area contributed by atoms with Crippen molar-refractivity contribution in [3.05, 3.63) is 52.5 Å².